The molecule has 0 radical (unpaired) electrons. The highest BCUT2D eigenvalue weighted by molar-refractivity contribution is 6.36. The van der Waals surface area contributed by atoms with Gasteiger partial charge in [-0.05, 0) is 24.8 Å². The summed E-state index contributed by atoms with van der Waals surface area (Å²) in [5.41, 5.74) is 1.26. The normalized spacial score (nSPS) is 15.6. The third-order valence-electron chi connectivity index (χ3n) is 3.64. The molecule has 0 atom stereocenters. The van der Waals surface area contributed by atoms with Gasteiger partial charge < -0.3 is 0 Å². The van der Waals surface area contributed by atoms with E-state index in [1.54, 1.807) is 6.07 Å². The summed E-state index contributed by atoms with van der Waals surface area (Å²) in [5, 5.41) is 1.57. The summed E-state index contributed by atoms with van der Waals surface area (Å²) in [6.07, 6.45) is 6.00. The van der Waals surface area contributed by atoms with Gasteiger partial charge in [0, 0.05) is 11.8 Å². The first kappa shape index (κ1) is 15.3. The van der Waals surface area contributed by atoms with E-state index in [-0.39, 0.29) is 0 Å². The van der Waals surface area contributed by atoms with Gasteiger partial charge in [0.2, 0.25) is 0 Å². The molecule has 2 heterocycles. The van der Waals surface area contributed by atoms with Crippen molar-refractivity contribution in [3.05, 3.63) is 38.2 Å². The maximum Gasteiger partial charge on any atom is 0.182 e. The van der Waals surface area contributed by atoms with Crippen LogP contribution in [-0.2, 0) is 0 Å². The smallest absolute Gasteiger partial charge is 0.182 e. The Morgan fingerprint density at radius 3 is 2.14 bits per heavy atom. The number of nitrogens with zero attached hydrogens (tertiary/aromatic N) is 3. The zero-order chi connectivity index (χ0) is 15.0. The summed E-state index contributed by atoms with van der Waals surface area (Å²) < 4.78 is 0. The van der Waals surface area contributed by atoms with Crippen molar-refractivity contribution in [2.24, 2.45) is 0 Å². The number of aromatic nitrogens is 3. The van der Waals surface area contributed by atoms with Crippen LogP contribution >= 0.6 is 46.4 Å². The number of hydrogen-bond donors (Lipinski definition) is 0. The van der Waals surface area contributed by atoms with Crippen LogP contribution in [0.25, 0.3) is 11.5 Å². The van der Waals surface area contributed by atoms with Crippen LogP contribution in [0.1, 0.15) is 37.2 Å². The second-order valence-corrected chi connectivity index (χ2v) is 6.57. The average molecular weight is 363 g/mol. The molecular weight excluding hydrogens is 352 g/mol. The Balaban J connectivity index is 2.05. The van der Waals surface area contributed by atoms with Gasteiger partial charge in [0.05, 0.1) is 10.0 Å². The molecule has 1 fully saturated rings. The van der Waals surface area contributed by atoms with Crippen molar-refractivity contribution in [3.63, 3.8) is 0 Å². The van der Waals surface area contributed by atoms with Crippen molar-refractivity contribution in [3.8, 4) is 11.5 Å². The summed E-state index contributed by atoms with van der Waals surface area (Å²) in [4.78, 5) is 12.8. The highest BCUT2D eigenvalue weighted by atomic mass is 35.5. The number of halogens is 4. The van der Waals surface area contributed by atoms with E-state index in [0.717, 1.165) is 18.4 Å². The largest absolute Gasteiger partial charge is 0.250 e. The lowest BCUT2D eigenvalue weighted by atomic mass is 10.0. The van der Waals surface area contributed by atoms with Crippen molar-refractivity contribution >= 4 is 46.4 Å². The van der Waals surface area contributed by atoms with Crippen LogP contribution in [0.2, 0.25) is 20.4 Å². The first-order valence-electron chi connectivity index (χ1n) is 6.60. The molecule has 0 spiro atoms. The number of rotatable bonds is 2. The Labute approximate surface area is 142 Å². The van der Waals surface area contributed by atoms with E-state index in [4.69, 9.17) is 46.4 Å². The predicted molar refractivity (Wildman–Crippen MR) is 86.5 cm³/mol. The van der Waals surface area contributed by atoms with Crippen molar-refractivity contribution in [2.75, 3.05) is 0 Å². The number of hydrogen-bond acceptors (Lipinski definition) is 3. The van der Waals surface area contributed by atoms with E-state index in [1.807, 2.05) is 0 Å². The Bertz CT molecular complexity index is 661. The molecule has 0 aliphatic heterocycles. The molecule has 110 valence electrons. The van der Waals surface area contributed by atoms with E-state index in [0.29, 0.717) is 37.8 Å². The van der Waals surface area contributed by atoms with Gasteiger partial charge in [0.25, 0.3) is 0 Å². The molecule has 0 N–H and O–H groups in total. The van der Waals surface area contributed by atoms with Crippen LogP contribution in [-0.4, -0.2) is 15.0 Å². The van der Waals surface area contributed by atoms with Gasteiger partial charge >= 0.3 is 0 Å². The van der Waals surface area contributed by atoms with Gasteiger partial charge in [0.1, 0.15) is 16.0 Å². The highest BCUT2D eigenvalue weighted by Gasteiger charge is 2.25. The number of pyridine rings is 1. The molecule has 1 saturated carbocycles. The first-order chi connectivity index (χ1) is 10.1. The van der Waals surface area contributed by atoms with E-state index in [2.05, 4.69) is 15.0 Å². The molecule has 0 amide bonds. The molecular formula is C14H11Cl4N3. The van der Waals surface area contributed by atoms with Crippen molar-refractivity contribution in [1.82, 2.24) is 15.0 Å². The molecule has 1 aliphatic rings. The van der Waals surface area contributed by atoms with Gasteiger partial charge in [-0.25, -0.2) is 15.0 Å². The van der Waals surface area contributed by atoms with E-state index >= 15 is 0 Å². The average Bonchev–Trinajstić information content (AvgIpc) is 2.91. The van der Waals surface area contributed by atoms with Gasteiger partial charge in [-0.15, -0.1) is 0 Å². The van der Waals surface area contributed by atoms with Crippen LogP contribution in [0.4, 0.5) is 0 Å². The molecule has 3 rings (SSSR count). The SMILES string of the molecule is Clc1cnc(-c2nc(Cl)c(C3CCCC3)c(Cl)n2)c(Cl)c1. The monoisotopic (exact) mass is 361 g/mol. The van der Waals surface area contributed by atoms with Gasteiger partial charge in [0.15, 0.2) is 5.82 Å². The quantitative estimate of drug-likeness (QED) is 0.632. The highest BCUT2D eigenvalue weighted by Crippen LogP contribution is 2.41. The molecule has 0 unspecified atom stereocenters. The third kappa shape index (κ3) is 3.11. The zero-order valence-electron chi connectivity index (χ0n) is 10.9. The van der Waals surface area contributed by atoms with Crippen LogP contribution in [0.3, 0.4) is 0 Å². The summed E-state index contributed by atoms with van der Waals surface area (Å²) in [6, 6.07) is 1.58. The fourth-order valence-corrected chi connectivity index (χ4v) is 3.81. The van der Waals surface area contributed by atoms with Crippen LogP contribution in [0.15, 0.2) is 12.3 Å². The van der Waals surface area contributed by atoms with E-state index < -0.39 is 0 Å². The fraction of sp³-hybridized carbons (Fsp3) is 0.357. The van der Waals surface area contributed by atoms with Crippen molar-refractivity contribution < 1.29 is 0 Å². The zero-order valence-corrected chi connectivity index (χ0v) is 13.9. The topological polar surface area (TPSA) is 38.7 Å². The van der Waals surface area contributed by atoms with Crippen LogP contribution in [0, 0.1) is 0 Å². The first-order valence-corrected chi connectivity index (χ1v) is 8.12. The molecule has 7 heteroatoms. The molecule has 21 heavy (non-hydrogen) atoms. The van der Waals surface area contributed by atoms with Gasteiger partial charge in [-0.2, -0.15) is 0 Å². The lowest BCUT2D eigenvalue weighted by Crippen LogP contribution is -2.02. The van der Waals surface area contributed by atoms with Gasteiger partial charge in [-0.1, -0.05) is 59.2 Å². The lowest BCUT2D eigenvalue weighted by Gasteiger charge is -2.13. The Morgan fingerprint density at radius 2 is 1.57 bits per heavy atom. The third-order valence-corrected chi connectivity index (χ3v) is 4.71. The van der Waals surface area contributed by atoms with E-state index in [9.17, 15) is 0 Å². The predicted octanol–water partition coefficient (Wildman–Crippen LogP) is 5.81. The second-order valence-electron chi connectivity index (χ2n) is 5.01. The molecule has 1 aliphatic carbocycles. The van der Waals surface area contributed by atoms with Gasteiger partial charge in [-0.3, -0.25) is 0 Å². The maximum absolute atomic E-state index is 6.32. The summed E-state index contributed by atoms with van der Waals surface area (Å²) in [5.74, 6) is 0.654. The maximum atomic E-state index is 6.32. The van der Waals surface area contributed by atoms with Crippen molar-refractivity contribution in [1.29, 1.82) is 0 Å². The molecule has 3 nitrogen and oxygen atoms in total. The Kier molecular flexibility index (Phi) is 4.55. The van der Waals surface area contributed by atoms with E-state index in [1.165, 1.54) is 19.0 Å². The lowest BCUT2D eigenvalue weighted by molar-refractivity contribution is 0.715. The second kappa shape index (κ2) is 6.25. The minimum absolute atomic E-state index is 0.313. The molecule has 2 aromatic rings. The minimum atomic E-state index is 0.313. The Hall–Kier alpha value is -0.610. The minimum Gasteiger partial charge on any atom is -0.250 e. The summed E-state index contributed by atoms with van der Waals surface area (Å²) in [6.45, 7) is 0. The molecule has 0 bridgehead atoms. The molecule has 0 saturated heterocycles. The van der Waals surface area contributed by atoms with Crippen molar-refractivity contribution in [2.45, 2.75) is 31.6 Å². The standard InChI is InChI=1S/C14H11Cl4N3/c15-8-5-9(16)11(19-6-8)14-20-12(17)10(13(18)21-14)7-3-1-2-4-7/h5-7H,1-4H2. The van der Waals surface area contributed by atoms with Crippen LogP contribution in [0.5, 0.6) is 0 Å². The summed E-state index contributed by atoms with van der Waals surface area (Å²) >= 11 is 24.6. The fourth-order valence-electron chi connectivity index (χ4n) is 2.65. The molecule has 0 aromatic carbocycles. The Morgan fingerprint density at radius 1 is 0.952 bits per heavy atom. The summed E-state index contributed by atoms with van der Waals surface area (Å²) in [7, 11) is 0. The molecule has 2 aromatic heterocycles. The van der Waals surface area contributed by atoms with Crippen LogP contribution < -0.4 is 0 Å².